The maximum absolute atomic E-state index is 13.3. The number of anilines is 1. The summed E-state index contributed by atoms with van der Waals surface area (Å²) >= 11 is 6.74. The van der Waals surface area contributed by atoms with Crippen molar-refractivity contribution in [2.75, 3.05) is 25.1 Å². The zero-order valence-electron chi connectivity index (χ0n) is 22.2. The minimum atomic E-state index is -4.29. The van der Waals surface area contributed by atoms with Crippen LogP contribution in [-0.2, 0) is 6.54 Å². The molecule has 0 radical (unpaired) electrons. The number of methoxy groups -OCH3 is 1. The summed E-state index contributed by atoms with van der Waals surface area (Å²) in [6, 6.07) is 8.98. The standard InChI is InChI=1S/C28H29ClF3N7O/c1-17-13-38(16-33-17)24-10-9-23(34-27(24)40-2)25-35-26-21(4-3-11-39(26)36-25)20-8-7-19(12-22(20)29)37(14-18-5-6-18)15-28(30,31)32/h7-10,12-13,16,18,21H,3-6,11,14-15H2,1-2H3/t21-/m1/s1. The summed E-state index contributed by atoms with van der Waals surface area (Å²) in [5.41, 5.74) is 3.52. The lowest BCUT2D eigenvalue weighted by molar-refractivity contribution is -0.119. The zero-order valence-corrected chi connectivity index (χ0v) is 23.0. The Kier molecular flexibility index (Phi) is 6.93. The Labute approximate surface area is 234 Å². The number of aromatic nitrogens is 6. The molecule has 1 aromatic carbocycles. The number of halogens is 4. The highest BCUT2D eigenvalue weighted by Gasteiger charge is 2.35. The van der Waals surface area contributed by atoms with Gasteiger partial charge in [0.1, 0.15) is 23.8 Å². The van der Waals surface area contributed by atoms with Crippen molar-refractivity contribution in [3.63, 3.8) is 0 Å². The van der Waals surface area contributed by atoms with Crippen LogP contribution in [0.1, 0.15) is 48.7 Å². The Hall–Kier alpha value is -3.60. The van der Waals surface area contributed by atoms with Crippen LogP contribution in [0.15, 0.2) is 42.9 Å². The van der Waals surface area contributed by atoms with E-state index in [1.807, 2.05) is 40.6 Å². The van der Waals surface area contributed by atoms with Crippen LogP contribution in [0.3, 0.4) is 0 Å². The highest BCUT2D eigenvalue weighted by atomic mass is 35.5. The van der Waals surface area contributed by atoms with E-state index in [1.54, 1.807) is 25.6 Å². The second kappa shape index (κ2) is 10.4. The van der Waals surface area contributed by atoms with Gasteiger partial charge in [-0.05, 0) is 68.4 Å². The molecule has 0 spiro atoms. The number of alkyl halides is 3. The van der Waals surface area contributed by atoms with E-state index < -0.39 is 12.7 Å². The van der Waals surface area contributed by atoms with Gasteiger partial charge in [-0.25, -0.2) is 19.6 Å². The number of pyridine rings is 1. The quantitative estimate of drug-likeness (QED) is 0.251. The zero-order chi connectivity index (χ0) is 28.0. The fourth-order valence-corrected chi connectivity index (χ4v) is 5.60. The molecule has 1 aliphatic heterocycles. The van der Waals surface area contributed by atoms with Crippen molar-refractivity contribution in [1.29, 1.82) is 0 Å². The van der Waals surface area contributed by atoms with Gasteiger partial charge in [0.25, 0.3) is 0 Å². The third kappa shape index (κ3) is 5.52. The van der Waals surface area contributed by atoms with E-state index in [1.165, 1.54) is 4.90 Å². The summed E-state index contributed by atoms with van der Waals surface area (Å²) in [7, 11) is 1.56. The molecule has 1 saturated carbocycles. The molecule has 4 aromatic rings. The van der Waals surface area contributed by atoms with E-state index in [0.717, 1.165) is 48.5 Å². The molecule has 0 unspecified atom stereocenters. The van der Waals surface area contributed by atoms with Gasteiger partial charge in [-0.1, -0.05) is 17.7 Å². The Morgan fingerprint density at radius 2 is 1.95 bits per heavy atom. The van der Waals surface area contributed by atoms with Gasteiger partial charge in [-0.3, -0.25) is 0 Å². The smallest absolute Gasteiger partial charge is 0.405 e. The summed E-state index contributed by atoms with van der Waals surface area (Å²) in [4.78, 5) is 15.2. The Morgan fingerprint density at radius 3 is 2.62 bits per heavy atom. The van der Waals surface area contributed by atoms with Gasteiger partial charge >= 0.3 is 6.18 Å². The number of hydrogen-bond acceptors (Lipinski definition) is 6. The first-order valence-electron chi connectivity index (χ1n) is 13.3. The number of imidazole rings is 1. The fourth-order valence-electron chi connectivity index (χ4n) is 5.30. The molecule has 1 atom stereocenters. The molecule has 210 valence electrons. The molecule has 0 N–H and O–H groups in total. The first kappa shape index (κ1) is 26.6. The van der Waals surface area contributed by atoms with Gasteiger partial charge in [0, 0.05) is 35.9 Å². The first-order chi connectivity index (χ1) is 19.2. The number of fused-ring (bicyclic) bond motifs is 1. The molecule has 1 fully saturated rings. The van der Waals surface area contributed by atoms with Crippen LogP contribution in [-0.4, -0.2) is 55.7 Å². The van der Waals surface area contributed by atoms with E-state index in [-0.39, 0.29) is 5.92 Å². The minimum absolute atomic E-state index is 0.133. The van der Waals surface area contributed by atoms with Crippen LogP contribution in [0.5, 0.6) is 5.88 Å². The van der Waals surface area contributed by atoms with Gasteiger partial charge in [0.2, 0.25) is 5.88 Å². The Bertz CT molecular complexity index is 1530. The molecule has 1 aliphatic carbocycles. The van der Waals surface area contributed by atoms with Crippen LogP contribution < -0.4 is 9.64 Å². The monoisotopic (exact) mass is 571 g/mol. The third-order valence-electron chi connectivity index (χ3n) is 7.40. The van der Waals surface area contributed by atoms with Gasteiger partial charge in [0.15, 0.2) is 5.82 Å². The molecule has 0 saturated heterocycles. The number of aryl methyl sites for hydroxylation is 2. The van der Waals surface area contributed by atoms with Gasteiger partial charge in [-0.15, -0.1) is 5.10 Å². The molecule has 0 bridgehead atoms. The number of rotatable bonds is 8. The number of nitrogens with zero attached hydrogens (tertiary/aromatic N) is 7. The van der Waals surface area contributed by atoms with E-state index >= 15 is 0 Å². The lowest BCUT2D eigenvalue weighted by atomic mass is 9.91. The molecule has 8 nitrogen and oxygen atoms in total. The molecule has 3 aromatic heterocycles. The second-order valence-electron chi connectivity index (χ2n) is 10.5. The predicted octanol–water partition coefficient (Wildman–Crippen LogP) is 6.20. The maximum atomic E-state index is 13.3. The summed E-state index contributed by atoms with van der Waals surface area (Å²) in [5, 5.41) is 5.16. The average Bonchev–Trinajstić information content (AvgIpc) is 3.45. The van der Waals surface area contributed by atoms with Crippen molar-refractivity contribution < 1.29 is 17.9 Å². The molecule has 0 amide bonds. The lowest BCUT2D eigenvalue weighted by Gasteiger charge is -2.28. The summed E-state index contributed by atoms with van der Waals surface area (Å²) in [6.07, 6.45) is 2.91. The topological polar surface area (TPSA) is 73.9 Å². The second-order valence-corrected chi connectivity index (χ2v) is 10.9. The maximum Gasteiger partial charge on any atom is 0.405 e. The molecule has 40 heavy (non-hydrogen) atoms. The van der Waals surface area contributed by atoms with E-state index in [9.17, 15) is 13.2 Å². The molecule has 4 heterocycles. The molecule has 12 heteroatoms. The molecular weight excluding hydrogens is 543 g/mol. The lowest BCUT2D eigenvalue weighted by Crippen LogP contribution is -2.35. The summed E-state index contributed by atoms with van der Waals surface area (Å²) in [6.45, 7) is 2.01. The van der Waals surface area contributed by atoms with E-state index in [2.05, 4.69) is 9.97 Å². The predicted molar refractivity (Wildman–Crippen MR) is 145 cm³/mol. The van der Waals surface area contributed by atoms with E-state index in [0.29, 0.717) is 47.1 Å². The normalized spacial score (nSPS) is 17.1. The highest BCUT2D eigenvalue weighted by Crippen LogP contribution is 2.40. The first-order valence-corrected chi connectivity index (χ1v) is 13.7. The van der Waals surface area contributed by atoms with Crippen molar-refractivity contribution >= 4 is 17.3 Å². The van der Waals surface area contributed by atoms with Crippen molar-refractivity contribution in [3.8, 4) is 23.1 Å². The SMILES string of the molecule is COc1nc(-c2nc3n(n2)CCC[C@@H]3c2ccc(N(CC3CC3)CC(F)(F)F)cc2Cl)ccc1-n1cnc(C)c1. The number of hydrogen-bond donors (Lipinski definition) is 0. The van der Waals surface area contributed by atoms with Crippen molar-refractivity contribution in [2.24, 2.45) is 5.92 Å². The number of ether oxygens (including phenoxy) is 1. The minimum Gasteiger partial charge on any atom is -0.479 e. The van der Waals surface area contributed by atoms with Gasteiger partial charge < -0.3 is 14.2 Å². The van der Waals surface area contributed by atoms with Crippen LogP contribution in [0.25, 0.3) is 17.2 Å². The highest BCUT2D eigenvalue weighted by molar-refractivity contribution is 6.31. The Balaban J connectivity index is 1.29. The third-order valence-corrected chi connectivity index (χ3v) is 7.72. The molecule has 2 aliphatic rings. The van der Waals surface area contributed by atoms with Crippen LogP contribution in [0, 0.1) is 12.8 Å². The Morgan fingerprint density at radius 1 is 1.12 bits per heavy atom. The fraction of sp³-hybridized carbons (Fsp3) is 0.429. The largest absolute Gasteiger partial charge is 0.479 e. The van der Waals surface area contributed by atoms with Gasteiger partial charge in [0.05, 0.1) is 19.1 Å². The van der Waals surface area contributed by atoms with Crippen LogP contribution >= 0.6 is 11.6 Å². The van der Waals surface area contributed by atoms with E-state index in [4.69, 9.17) is 26.4 Å². The van der Waals surface area contributed by atoms with Crippen molar-refractivity contribution in [2.45, 2.75) is 51.2 Å². The van der Waals surface area contributed by atoms with Crippen LogP contribution in [0.2, 0.25) is 5.02 Å². The van der Waals surface area contributed by atoms with Gasteiger partial charge in [-0.2, -0.15) is 13.2 Å². The molecule has 6 rings (SSSR count). The molecular formula is C28H29ClF3N7O. The summed E-state index contributed by atoms with van der Waals surface area (Å²) in [5.74, 6) is 1.83. The summed E-state index contributed by atoms with van der Waals surface area (Å²) < 4.78 is 49.1. The van der Waals surface area contributed by atoms with Crippen molar-refractivity contribution in [3.05, 3.63) is 65.0 Å². The number of benzene rings is 1. The average molecular weight is 572 g/mol. The van der Waals surface area contributed by atoms with Crippen molar-refractivity contribution in [1.82, 2.24) is 29.3 Å². The van der Waals surface area contributed by atoms with Crippen LogP contribution in [0.4, 0.5) is 18.9 Å².